The van der Waals surface area contributed by atoms with Crippen LogP contribution < -0.4 is 20.1 Å². The van der Waals surface area contributed by atoms with Gasteiger partial charge in [0.1, 0.15) is 6.33 Å². The van der Waals surface area contributed by atoms with Gasteiger partial charge < -0.3 is 24.8 Å². The van der Waals surface area contributed by atoms with Gasteiger partial charge in [-0.05, 0) is 29.8 Å². The van der Waals surface area contributed by atoms with E-state index in [-0.39, 0.29) is 6.79 Å². The topological polar surface area (TPSA) is 98.6 Å². The van der Waals surface area contributed by atoms with E-state index in [1.165, 1.54) is 0 Å². The van der Waals surface area contributed by atoms with Crippen molar-refractivity contribution in [2.45, 2.75) is 6.54 Å². The SMILES string of the molecule is c1ccc(-n2cnc3c(NCCN4CCOCC4)nc(NCc4ccc5c(c4)OCO5)nc32)cc1. The van der Waals surface area contributed by atoms with E-state index in [9.17, 15) is 0 Å². The first-order valence-electron chi connectivity index (χ1n) is 11.8. The van der Waals surface area contributed by atoms with Crippen LogP contribution in [-0.2, 0) is 11.3 Å². The highest BCUT2D eigenvalue weighted by molar-refractivity contribution is 5.85. The molecule has 6 rings (SSSR count). The average Bonchev–Trinajstić information content (AvgIpc) is 3.55. The molecule has 0 atom stereocenters. The van der Waals surface area contributed by atoms with Crippen molar-refractivity contribution in [1.29, 1.82) is 0 Å². The second-order valence-corrected chi connectivity index (χ2v) is 8.44. The van der Waals surface area contributed by atoms with E-state index in [2.05, 4.69) is 20.5 Å². The number of anilines is 2. The summed E-state index contributed by atoms with van der Waals surface area (Å²) in [5, 5.41) is 6.85. The molecular weight excluding hydrogens is 446 g/mol. The van der Waals surface area contributed by atoms with Gasteiger partial charge in [-0.3, -0.25) is 9.47 Å². The lowest BCUT2D eigenvalue weighted by Crippen LogP contribution is -2.39. The highest BCUT2D eigenvalue weighted by Crippen LogP contribution is 2.32. The summed E-state index contributed by atoms with van der Waals surface area (Å²) in [6.45, 7) is 5.95. The number of aromatic nitrogens is 4. The Morgan fingerprint density at radius 2 is 1.77 bits per heavy atom. The molecule has 0 bridgehead atoms. The number of rotatable bonds is 8. The Morgan fingerprint density at radius 1 is 0.914 bits per heavy atom. The van der Waals surface area contributed by atoms with E-state index in [4.69, 9.17) is 24.2 Å². The van der Waals surface area contributed by atoms with E-state index in [0.717, 1.165) is 73.3 Å². The zero-order valence-corrected chi connectivity index (χ0v) is 19.3. The van der Waals surface area contributed by atoms with Gasteiger partial charge in [-0.15, -0.1) is 0 Å². The molecule has 2 aliphatic heterocycles. The van der Waals surface area contributed by atoms with Crippen molar-refractivity contribution in [2.75, 3.05) is 56.8 Å². The first kappa shape index (κ1) is 21.6. The molecule has 1 saturated heterocycles. The Bertz CT molecular complexity index is 1310. The summed E-state index contributed by atoms with van der Waals surface area (Å²) in [5.74, 6) is 2.77. The Morgan fingerprint density at radius 3 is 2.66 bits per heavy atom. The fraction of sp³-hybridized carbons (Fsp3) is 0.320. The van der Waals surface area contributed by atoms with Crippen LogP contribution in [0.4, 0.5) is 11.8 Å². The number of benzene rings is 2. The number of ether oxygens (including phenoxy) is 3. The molecule has 0 unspecified atom stereocenters. The minimum atomic E-state index is 0.259. The molecule has 0 saturated carbocycles. The van der Waals surface area contributed by atoms with Gasteiger partial charge in [0.15, 0.2) is 28.5 Å². The summed E-state index contributed by atoms with van der Waals surface area (Å²) in [7, 11) is 0. The van der Waals surface area contributed by atoms with Crippen LogP contribution in [0.2, 0.25) is 0 Å². The Kier molecular flexibility index (Phi) is 6.04. The van der Waals surface area contributed by atoms with Gasteiger partial charge in [0.2, 0.25) is 12.7 Å². The summed E-state index contributed by atoms with van der Waals surface area (Å²) in [5.41, 5.74) is 3.53. The van der Waals surface area contributed by atoms with Crippen LogP contribution in [0.15, 0.2) is 54.9 Å². The lowest BCUT2D eigenvalue weighted by atomic mass is 10.2. The van der Waals surface area contributed by atoms with Gasteiger partial charge in [-0.25, -0.2) is 4.98 Å². The highest BCUT2D eigenvalue weighted by atomic mass is 16.7. The van der Waals surface area contributed by atoms with Gasteiger partial charge in [-0.1, -0.05) is 24.3 Å². The third-order valence-corrected chi connectivity index (χ3v) is 6.14. The summed E-state index contributed by atoms with van der Waals surface area (Å²) < 4.78 is 18.3. The number of fused-ring (bicyclic) bond motifs is 2. The molecule has 2 aliphatic rings. The Labute approximate surface area is 202 Å². The van der Waals surface area contributed by atoms with Crippen LogP contribution >= 0.6 is 0 Å². The molecule has 0 amide bonds. The van der Waals surface area contributed by atoms with E-state index in [1.54, 1.807) is 6.33 Å². The zero-order chi connectivity index (χ0) is 23.5. The molecular formula is C25H27N7O3. The maximum atomic E-state index is 5.50. The molecule has 180 valence electrons. The molecule has 2 aromatic heterocycles. The predicted molar refractivity (Wildman–Crippen MR) is 132 cm³/mol. The van der Waals surface area contributed by atoms with Crippen LogP contribution in [0.3, 0.4) is 0 Å². The third-order valence-electron chi connectivity index (χ3n) is 6.14. The van der Waals surface area contributed by atoms with Crippen molar-refractivity contribution < 1.29 is 14.2 Å². The predicted octanol–water partition coefficient (Wildman–Crippen LogP) is 2.90. The molecule has 35 heavy (non-hydrogen) atoms. The number of nitrogens with zero attached hydrogens (tertiary/aromatic N) is 5. The Balaban J connectivity index is 1.26. The molecule has 4 heterocycles. The van der Waals surface area contributed by atoms with Crippen molar-refractivity contribution >= 4 is 22.9 Å². The summed E-state index contributed by atoms with van der Waals surface area (Å²) >= 11 is 0. The molecule has 0 radical (unpaired) electrons. The Hall–Kier alpha value is -3.89. The molecule has 2 aromatic carbocycles. The molecule has 10 heteroatoms. The maximum absolute atomic E-state index is 5.50. The fourth-order valence-electron chi connectivity index (χ4n) is 4.27. The number of nitrogens with one attached hydrogen (secondary N) is 2. The van der Waals surface area contributed by atoms with Gasteiger partial charge in [0.25, 0.3) is 0 Å². The molecule has 0 spiro atoms. The van der Waals surface area contributed by atoms with Crippen molar-refractivity contribution in [1.82, 2.24) is 24.4 Å². The van der Waals surface area contributed by atoms with Crippen LogP contribution in [0.25, 0.3) is 16.9 Å². The maximum Gasteiger partial charge on any atom is 0.231 e. The number of morpholine rings is 1. The normalized spacial score (nSPS) is 15.4. The molecule has 10 nitrogen and oxygen atoms in total. The van der Waals surface area contributed by atoms with Crippen molar-refractivity contribution in [3.8, 4) is 17.2 Å². The van der Waals surface area contributed by atoms with Crippen LogP contribution in [-0.4, -0.2) is 70.6 Å². The van der Waals surface area contributed by atoms with Crippen molar-refractivity contribution in [2.24, 2.45) is 0 Å². The third kappa shape index (κ3) is 4.71. The largest absolute Gasteiger partial charge is 0.454 e. The number of hydrogen-bond donors (Lipinski definition) is 2. The van der Waals surface area contributed by atoms with Crippen LogP contribution in [0, 0.1) is 0 Å². The first-order chi connectivity index (χ1) is 17.3. The highest BCUT2D eigenvalue weighted by Gasteiger charge is 2.17. The minimum Gasteiger partial charge on any atom is -0.454 e. The van der Waals surface area contributed by atoms with Gasteiger partial charge in [0, 0.05) is 38.4 Å². The number of para-hydroxylation sites is 1. The average molecular weight is 474 g/mol. The molecule has 0 aliphatic carbocycles. The lowest BCUT2D eigenvalue weighted by Gasteiger charge is -2.26. The standard InChI is InChI=1S/C25H27N7O3/c1-2-4-19(5-3-1)32-16-28-22-23(26-8-9-31-10-12-33-13-11-31)29-25(30-24(22)32)27-15-18-6-7-20-21(14-18)35-17-34-20/h1-7,14,16H,8-13,15,17H2,(H2,26,27,29,30). The van der Waals surface area contributed by atoms with E-state index < -0.39 is 0 Å². The van der Waals surface area contributed by atoms with Gasteiger partial charge in [0.05, 0.1) is 13.2 Å². The van der Waals surface area contributed by atoms with Gasteiger partial charge >= 0.3 is 0 Å². The smallest absolute Gasteiger partial charge is 0.231 e. The molecule has 1 fully saturated rings. The van der Waals surface area contributed by atoms with Crippen LogP contribution in [0.1, 0.15) is 5.56 Å². The van der Waals surface area contributed by atoms with E-state index >= 15 is 0 Å². The second-order valence-electron chi connectivity index (χ2n) is 8.44. The number of imidazole rings is 1. The summed E-state index contributed by atoms with van der Waals surface area (Å²) in [4.78, 5) is 16.6. The molecule has 2 N–H and O–H groups in total. The van der Waals surface area contributed by atoms with Crippen molar-refractivity contribution in [3.05, 3.63) is 60.4 Å². The van der Waals surface area contributed by atoms with E-state index in [0.29, 0.717) is 18.3 Å². The van der Waals surface area contributed by atoms with Gasteiger partial charge in [-0.2, -0.15) is 9.97 Å². The summed E-state index contributed by atoms with van der Waals surface area (Å²) in [6.07, 6.45) is 1.80. The summed E-state index contributed by atoms with van der Waals surface area (Å²) in [6, 6.07) is 16.0. The number of hydrogen-bond acceptors (Lipinski definition) is 9. The fourth-order valence-corrected chi connectivity index (χ4v) is 4.27. The van der Waals surface area contributed by atoms with Crippen molar-refractivity contribution in [3.63, 3.8) is 0 Å². The lowest BCUT2D eigenvalue weighted by molar-refractivity contribution is 0.0398. The zero-order valence-electron chi connectivity index (χ0n) is 19.3. The first-order valence-corrected chi connectivity index (χ1v) is 11.8. The molecule has 4 aromatic rings. The second kappa shape index (κ2) is 9.77. The minimum absolute atomic E-state index is 0.259. The monoisotopic (exact) mass is 473 g/mol. The quantitative estimate of drug-likeness (QED) is 0.400. The van der Waals surface area contributed by atoms with E-state index in [1.807, 2.05) is 53.1 Å². The van der Waals surface area contributed by atoms with Crippen LogP contribution in [0.5, 0.6) is 11.5 Å².